The van der Waals surface area contributed by atoms with Crippen molar-refractivity contribution in [2.45, 2.75) is 24.7 Å². The van der Waals surface area contributed by atoms with Gasteiger partial charge in [-0.1, -0.05) is 30.2 Å². The van der Waals surface area contributed by atoms with Crippen LogP contribution in [0, 0.1) is 11.6 Å². The van der Waals surface area contributed by atoms with E-state index in [1.807, 2.05) is 0 Å². The number of carbonyl (C=O) groups excluding carboxylic acids is 3. The molecule has 2 aromatic carbocycles. The molecule has 0 bridgehead atoms. The van der Waals surface area contributed by atoms with Crippen LogP contribution in [0.5, 0.6) is 0 Å². The molecule has 6 nitrogen and oxygen atoms in total. The van der Waals surface area contributed by atoms with Crippen molar-refractivity contribution in [2.24, 2.45) is 0 Å². The molecule has 0 spiro atoms. The van der Waals surface area contributed by atoms with Crippen molar-refractivity contribution in [1.82, 2.24) is 5.32 Å². The Bertz CT molecular complexity index is 979. The smallest absolute Gasteiger partial charge is 0.317 e. The molecular weight excluding hydrogens is 418 g/mol. The Balaban J connectivity index is 1.47. The van der Waals surface area contributed by atoms with Gasteiger partial charge in [-0.05, 0) is 42.7 Å². The highest BCUT2D eigenvalue weighted by Gasteiger charge is 2.47. The zero-order chi connectivity index (χ0) is 21.7. The molecule has 0 unspecified atom stereocenters. The van der Waals surface area contributed by atoms with Crippen molar-refractivity contribution in [3.63, 3.8) is 0 Å². The molecular formula is C21H19ClF2N2O4. The van der Waals surface area contributed by atoms with Gasteiger partial charge in [0.25, 0.3) is 5.91 Å². The molecule has 9 heteroatoms. The Morgan fingerprint density at radius 2 is 1.80 bits per heavy atom. The van der Waals surface area contributed by atoms with E-state index in [2.05, 4.69) is 10.6 Å². The van der Waals surface area contributed by atoms with Gasteiger partial charge in [-0.2, -0.15) is 0 Å². The van der Waals surface area contributed by atoms with E-state index in [-0.39, 0.29) is 5.69 Å². The highest BCUT2D eigenvalue weighted by Crippen LogP contribution is 2.45. The highest BCUT2D eigenvalue weighted by molar-refractivity contribution is 6.30. The zero-order valence-corrected chi connectivity index (χ0v) is 16.6. The number of hydrogen-bond donors (Lipinski definition) is 2. The van der Waals surface area contributed by atoms with Crippen LogP contribution >= 0.6 is 11.6 Å². The number of anilines is 1. The van der Waals surface area contributed by atoms with Gasteiger partial charge in [0, 0.05) is 16.8 Å². The van der Waals surface area contributed by atoms with Gasteiger partial charge in [0.2, 0.25) is 5.91 Å². The summed E-state index contributed by atoms with van der Waals surface area (Å²) in [5.74, 6) is -3.96. The SMILES string of the molecule is O=C(COC(=O)C1(c2cccc(Cl)c2)CCC1)NCC(=O)Nc1ccc(F)c(F)c1. The number of esters is 1. The van der Waals surface area contributed by atoms with E-state index < -0.39 is 48.0 Å². The normalized spacial score (nSPS) is 14.4. The zero-order valence-electron chi connectivity index (χ0n) is 15.8. The van der Waals surface area contributed by atoms with Crippen LogP contribution in [0.25, 0.3) is 0 Å². The molecule has 2 N–H and O–H groups in total. The first-order valence-corrected chi connectivity index (χ1v) is 9.63. The second-order valence-electron chi connectivity index (χ2n) is 6.98. The number of carbonyl (C=O) groups is 3. The van der Waals surface area contributed by atoms with E-state index in [0.717, 1.165) is 24.1 Å². The molecule has 1 saturated carbocycles. The fourth-order valence-electron chi connectivity index (χ4n) is 3.21. The highest BCUT2D eigenvalue weighted by atomic mass is 35.5. The van der Waals surface area contributed by atoms with Gasteiger partial charge in [0.15, 0.2) is 18.2 Å². The first-order valence-electron chi connectivity index (χ1n) is 9.25. The molecule has 2 amide bonds. The largest absolute Gasteiger partial charge is 0.455 e. The van der Waals surface area contributed by atoms with Crippen LogP contribution in [-0.2, 0) is 24.5 Å². The lowest BCUT2D eigenvalue weighted by Crippen LogP contribution is -2.45. The molecule has 0 heterocycles. The molecule has 3 rings (SSSR count). The minimum absolute atomic E-state index is 0.0491. The van der Waals surface area contributed by atoms with Crippen LogP contribution < -0.4 is 10.6 Å². The first-order chi connectivity index (χ1) is 14.3. The molecule has 30 heavy (non-hydrogen) atoms. The van der Waals surface area contributed by atoms with Crippen molar-refractivity contribution in [3.05, 3.63) is 64.7 Å². The molecule has 1 aliphatic carbocycles. The van der Waals surface area contributed by atoms with Crippen molar-refractivity contribution in [2.75, 3.05) is 18.5 Å². The molecule has 1 aliphatic rings. The summed E-state index contributed by atoms with van der Waals surface area (Å²) in [6.45, 7) is -0.964. The molecule has 0 radical (unpaired) electrons. The maximum atomic E-state index is 13.1. The summed E-state index contributed by atoms with van der Waals surface area (Å²) in [6, 6.07) is 9.86. The van der Waals surface area contributed by atoms with Crippen LogP contribution in [0.3, 0.4) is 0 Å². The van der Waals surface area contributed by atoms with E-state index in [1.165, 1.54) is 6.07 Å². The standard InChI is InChI=1S/C21H19ClF2N2O4/c22-14-4-1-3-13(9-14)21(7-2-8-21)20(29)30-12-19(28)25-11-18(27)26-15-5-6-16(23)17(24)10-15/h1,3-6,9-10H,2,7-8,11-12H2,(H,25,28)(H,26,27). The summed E-state index contributed by atoms with van der Waals surface area (Å²) < 4.78 is 31.2. The number of amides is 2. The van der Waals surface area contributed by atoms with E-state index in [0.29, 0.717) is 17.9 Å². The average Bonchev–Trinajstić information content (AvgIpc) is 2.67. The number of hydrogen-bond acceptors (Lipinski definition) is 4. The van der Waals surface area contributed by atoms with E-state index in [1.54, 1.807) is 24.3 Å². The Hall–Kier alpha value is -3.00. The summed E-state index contributed by atoms with van der Waals surface area (Å²) in [5, 5.41) is 5.13. The average molecular weight is 437 g/mol. The van der Waals surface area contributed by atoms with Gasteiger partial charge in [0.1, 0.15) is 0 Å². The third-order valence-electron chi connectivity index (χ3n) is 4.96. The molecule has 0 saturated heterocycles. The van der Waals surface area contributed by atoms with E-state index in [9.17, 15) is 23.2 Å². The number of nitrogens with one attached hydrogen (secondary N) is 2. The minimum atomic E-state index is -1.10. The molecule has 0 aliphatic heterocycles. The summed E-state index contributed by atoms with van der Waals surface area (Å²) in [7, 11) is 0. The minimum Gasteiger partial charge on any atom is -0.455 e. The molecule has 0 aromatic heterocycles. The van der Waals surface area contributed by atoms with Gasteiger partial charge in [-0.25, -0.2) is 8.78 Å². The monoisotopic (exact) mass is 436 g/mol. The predicted molar refractivity (Wildman–Crippen MR) is 106 cm³/mol. The second-order valence-corrected chi connectivity index (χ2v) is 7.41. The Kier molecular flexibility index (Phi) is 6.66. The number of benzene rings is 2. The van der Waals surface area contributed by atoms with Gasteiger partial charge < -0.3 is 15.4 Å². The quantitative estimate of drug-likeness (QED) is 0.652. The fraction of sp³-hybridized carbons (Fsp3) is 0.286. The summed E-state index contributed by atoms with van der Waals surface area (Å²) in [6.07, 6.45) is 2.06. The number of rotatable bonds is 7. The molecule has 1 fully saturated rings. The maximum Gasteiger partial charge on any atom is 0.317 e. The fourth-order valence-corrected chi connectivity index (χ4v) is 3.40. The van der Waals surface area contributed by atoms with Gasteiger partial charge >= 0.3 is 5.97 Å². The van der Waals surface area contributed by atoms with Crippen molar-refractivity contribution in [3.8, 4) is 0 Å². The maximum absolute atomic E-state index is 13.1. The van der Waals surface area contributed by atoms with Crippen LogP contribution in [0.2, 0.25) is 5.02 Å². The molecule has 0 atom stereocenters. The summed E-state index contributed by atoms with van der Waals surface area (Å²) in [4.78, 5) is 36.4. The summed E-state index contributed by atoms with van der Waals surface area (Å²) >= 11 is 6.02. The van der Waals surface area contributed by atoms with Crippen molar-refractivity contribution in [1.29, 1.82) is 0 Å². The van der Waals surface area contributed by atoms with Gasteiger partial charge in [-0.15, -0.1) is 0 Å². The van der Waals surface area contributed by atoms with Crippen LogP contribution in [0.15, 0.2) is 42.5 Å². The van der Waals surface area contributed by atoms with Crippen molar-refractivity contribution < 1.29 is 27.9 Å². The van der Waals surface area contributed by atoms with Crippen LogP contribution in [-0.4, -0.2) is 30.9 Å². The third kappa shape index (κ3) is 4.94. The lowest BCUT2D eigenvalue weighted by atomic mass is 9.64. The Morgan fingerprint density at radius 3 is 2.43 bits per heavy atom. The van der Waals surface area contributed by atoms with E-state index >= 15 is 0 Å². The van der Waals surface area contributed by atoms with Crippen LogP contribution in [0.4, 0.5) is 14.5 Å². The van der Waals surface area contributed by atoms with Gasteiger partial charge in [-0.3, -0.25) is 14.4 Å². The second kappa shape index (κ2) is 9.21. The lowest BCUT2D eigenvalue weighted by molar-refractivity contribution is -0.157. The topological polar surface area (TPSA) is 84.5 Å². The molecule has 158 valence electrons. The predicted octanol–water partition coefficient (Wildman–Crippen LogP) is 3.34. The lowest BCUT2D eigenvalue weighted by Gasteiger charge is -2.39. The first kappa shape index (κ1) is 21.7. The molecule has 2 aromatic rings. The van der Waals surface area contributed by atoms with Crippen molar-refractivity contribution >= 4 is 35.1 Å². The van der Waals surface area contributed by atoms with Crippen LogP contribution in [0.1, 0.15) is 24.8 Å². The Labute approximate surface area is 176 Å². The van der Waals surface area contributed by atoms with Gasteiger partial charge in [0.05, 0.1) is 12.0 Å². The summed E-state index contributed by atoms with van der Waals surface area (Å²) in [5.41, 5.74) is -0.0135. The van der Waals surface area contributed by atoms with E-state index in [4.69, 9.17) is 16.3 Å². The Morgan fingerprint density at radius 1 is 1.03 bits per heavy atom. The number of ether oxygens (including phenoxy) is 1. The number of halogens is 3. The third-order valence-corrected chi connectivity index (χ3v) is 5.19.